The van der Waals surface area contributed by atoms with Gasteiger partial charge >= 0.3 is 6.18 Å². The van der Waals surface area contributed by atoms with E-state index < -0.39 is 11.8 Å². The first kappa shape index (κ1) is 12.6. The number of aryl methyl sites for hydroxylation is 1. The first-order valence-electron chi connectivity index (χ1n) is 4.55. The van der Waals surface area contributed by atoms with Crippen LogP contribution >= 0.6 is 0 Å². The van der Waals surface area contributed by atoms with Gasteiger partial charge in [-0.3, -0.25) is 0 Å². The molecule has 0 aromatic heterocycles. The average Bonchev–Trinajstić information content (AvgIpc) is 2.16. The zero-order valence-corrected chi connectivity index (χ0v) is 8.67. The Bertz CT molecular complexity index is 430. The molecule has 1 atom stereocenters. The minimum Gasteiger partial charge on any atom is -0.372 e. The highest BCUT2D eigenvalue weighted by Crippen LogP contribution is 2.41. The molecule has 0 unspecified atom stereocenters. The maximum atomic E-state index is 12.8. The topological polar surface area (TPSA) is 20.2 Å². The van der Waals surface area contributed by atoms with Crippen LogP contribution in [0.3, 0.4) is 0 Å². The summed E-state index contributed by atoms with van der Waals surface area (Å²) < 4.78 is 38.4. The lowest BCUT2D eigenvalue weighted by atomic mass is 9.89. The lowest BCUT2D eigenvalue weighted by molar-refractivity contribution is -0.245. The maximum Gasteiger partial charge on any atom is 0.425 e. The van der Waals surface area contributed by atoms with E-state index in [1.807, 2.05) is 5.73 Å². The van der Waals surface area contributed by atoms with Gasteiger partial charge in [0.15, 0.2) is 0 Å². The van der Waals surface area contributed by atoms with E-state index in [9.17, 15) is 18.3 Å². The first-order valence-corrected chi connectivity index (χ1v) is 4.55. The third kappa shape index (κ3) is 2.03. The molecule has 16 heavy (non-hydrogen) atoms. The summed E-state index contributed by atoms with van der Waals surface area (Å²) in [5, 5.41) is 9.72. The largest absolute Gasteiger partial charge is 0.425 e. The normalized spacial score (nSPS) is 15.1. The van der Waals surface area contributed by atoms with Gasteiger partial charge in [-0.15, -0.1) is 5.73 Å². The third-order valence-electron chi connectivity index (χ3n) is 2.30. The molecule has 0 spiro atoms. The van der Waals surface area contributed by atoms with Crippen LogP contribution in [-0.4, -0.2) is 11.3 Å². The van der Waals surface area contributed by atoms with Crippen molar-refractivity contribution in [2.24, 2.45) is 0 Å². The van der Waals surface area contributed by atoms with E-state index >= 15 is 0 Å². The van der Waals surface area contributed by atoms with Crippen LogP contribution in [-0.2, 0) is 5.60 Å². The molecule has 0 heterocycles. The van der Waals surface area contributed by atoms with E-state index in [1.54, 1.807) is 6.07 Å². The predicted molar refractivity (Wildman–Crippen MR) is 54.8 cm³/mol. The molecule has 1 N–H and O–H groups in total. The lowest BCUT2D eigenvalue weighted by Gasteiger charge is -2.28. The summed E-state index contributed by atoms with van der Waals surface area (Å²) in [7, 11) is 0. The summed E-state index contributed by atoms with van der Waals surface area (Å²) in [5.74, 6) is 0. The van der Waals surface area contributed by atoms with Gasteiger partial charge < -0.3 is 5.11 Å². The Morgan fingerprint density at radius 3 is 2.31 bits per heavy atom. The van der Waals surface area contributed by atoms with Crippen molar-refractivity contribution in [3.8, 4) is 0 Å². The van der Waals surface area contributed by atoms with Crippen LogP contribution in [0.15, 0.2) is 42.7 Å². The van der Waals surface area contributed by atoms with Gasteiger partial charge in [0.2, 0.25) is 5.60 Å². The van der Waals surface area contributed by atoms with E-state index in [-0.39, 0.29) is 5.56 Å². The minimum absolute atomic E-state index is 0.210. The quantitative estimate of drug-likeness (QED) is 0.771. The van der Waals surface area contributed by atoms with Crippen molar-refractivity contribution in [1.82, 2.24) is 0 Å². The molecule has 1 aromatic rings. The molecule has 0 fully saturated rings. The Balaban J connectivity index is 3.45. The molecular formula is C12H11F3O. The van der Waals surface area contributed by atoms with Gasteiger partial charge in [0.05, 0.1) is 0 Å². The number of alkyl halides is 3. The van der Waals surface area contributed by atoms with Crippen molar-refractivity contribution in [1.29, 1.82) is 0 Å². The van der Waals surface area contributed by atoms with E-state index in [2.05, 4.69) is 6.58 Å². The van der Waals surface area contributed by atoms with Gasteiger partial charge in [0, 0.05) is 11.6 Å². The third-order valence-corrected chi connectivity index (χ3v) is 2.30. The van der Waals surface area contributed by atoms with Crippen molar-refractivity contribution in [2.75, 3.05) is 0 Å². The minimum atomic E-state index is -4.80. The van der Waals surface area contributed by atoms with Crippen molar-refractivity contribution in [3.63, 3.8) is 0 Å². The Morgan fingerprint density at radius 2 is 1.88 bits per heavy atom. The zero-order chi connectivity index (χ0) is 12.4. The van der Waals surface area contributed by atoms with Crippen LogP contribution in [0.5, 0.6) is 0 Å². The Kier molecular flexibility index (Phi) is 3.27. The molecule has 1 rings (SSSR count). The van der Waals surface area contributed by atoms with E-state index in [0.717, 1.165) is 0 Å². The zero-order valence-electron chi connectivity index (χ0n) is 8.67. The highest BCUT2D eigenvalue weighted by atomic mass is 19.4. The van der Waals surface area contributed by atoms with Crippen molar-refractivity contribution >= 4 is 0 Å². The van der Waals surface area contributed by atoms with Crippen LogP contribution in [0.4, 0.5) is 13.2 Å². The molecule has 0 amide bonds. The molecule has 1 nitrogen and oxygen atoms in total. The predicted octanol–water partition coefficient (Wildman–Crippen LogP) is 3.09. The number of hydrogen-bond acceptors (Lipinski definition) is 1. The van der Waals surface area contributed by atoms with E-state index in [4.69, 9.17) is 0 Å². The number of rotatable bonds is 2. The summed E-state index contributed by atoms with van der Waals surface area (Å²) >= 11 is 0. The lowest BCUT2D eigenvalue weighted by Crippen LogP contribution is -2.40. The van der Waals surface area contributed by atoms with Crippen LogP contribution in [0, 0.1) is 6.92 Å². The van der Waals surface area contributed by atoms with Gasteiger partial charge in [-0.1, -0.05) is 30.8 Å². The molecule has 1 aromatic carbocycles. The molecule has 4 heteroatoms. The second-order valence-corrected chi connectivity index (χ2v) is 3.43. The Hall–Kier alpha value is -1.51. The van der Waals surface area contributed by atoms with Gasteiger partial charge in [-0.05, 0) is 12.5 Å². The summed E-state index contributed by atoms with van der Waals surface area (Å²) in [4.78, 5) is 0. The fourth-order valence-electron chi connectivity index (χ4n) is 1.46. The summed E-state index contributed by atoms with van der Waals surface area (Å²) in [6.07, 6.45) is -4.28. The van der Waals surface area contributed by atoms with E-state index in [1.165, 1.54) is 25.1 Å². The molecule has 0 saturated carbocycles. The molecule has 0 saturated heterocycles. The Labute approximate surface area is 91.5 Å². The SMILES string of the molecule is C=C=C[C@@](O)(c1ccccc1C)C(F)(F)F. The van der Waals surface area contributed by atoms with E-state index in [0.29, 0.717) is 11.6 Å². The smallest absolute Gasteiger partial charge is 0.372 e. The van der Waals surface area contributed by atoms with Crippen LogP contribution in [0.1, 0.15) is 11.1 Å². The van der Waals surface area contributed by atoms with Gasteiger partial charge in [0.25, 0.3) is 0 Å². The summed E-state index contributed by atoms with van der Waals surface area (Å²) in [6, 6.07) is 5.78. The summed E-state index contributed by atoms with van der Waals surface area (Å²) in [5.41, 5.74) is -0.886. The number of halogens is 3. The second kappa shape index (κ2) is 4.16. The monoisotopic (exact) mass is 228 g/mol. The molecule has 0 aliphatic rings. The van der Waals surface area contributed by atoms with Crippen LogP contribution in [0.25, 0.3) is 0 Å². The second-order valence-electron chi connectivity index (χ2n) is 3.43. The molecule has 0 aliphatic carbocycles. The van der Waals surface area contributed by atoms with Crippen molar-refractivity contribution in [3.05, 3.63) is 53.8 Å². The van der Waals surface area contributed by atoms with Crippen molar-refractivity contribution < 1.29 is 18.3 Å². The molecular weight excluding hydrogens is 217 g/mol. The fourth-order valence-corrected chi connectivity index (χ4v) is 1.46. The highest BCUT2D eigenvalue weighted by molar-refractivity contribution is 5.36. The standard InChI is InChI=1S/C12H11F3O/c1-3-8-11(16,12(13,14)15)10-7-5-4-6-9(10)2/h4-8,16H,1H2,2H3/t11-/m1/s1. The van der Waals surface area contributed by atoms with Gasteiger partial charge in [-0.2, -0.15) is 13.2 Å². The van der Waals surface area contributed by atoms with Crippen molar-refractivity contribution in [2.45, 2.75) is 18.7 Å². The summed E-state index contributed by atoms with van der Waals surface area (Å²) in [6.45, 7) is 4.58. The molecule has 0 aliphatic heterocycles. The van der Waals surface area contributed by atoms with Crippen LogP contribution < -0.4 is 0 Å². The van der Waals surface area contributed by atoms with Gasteiger partial charge in [-0.25, -0.2) is 0 Å². The van der Waals surface area contributed by atoms with Crippen LogP contribution in [0.2, 0.25) is 0 Å². The Morgan fingerprint density at radius 1 is 1.31 bits per heavy atom. The van der Waals surface area contributed by atoms with Gasteiger partial charge in [0.1, 0.15) is 0 Å². The molecule has 0 bridgehead atoms. The fraction of sp³-hybridized carbons (Fsp3) is 0.250. The molecule has 0 radical (unpaired) electrons. The first-order chi connectivity index (χ1) is 7.33. The highest BCUT2D eigenvalue weighted by Gasteiger charge is 2.53. The number of aliphatic hydroxyl groups is 1. The maximum absolute atomic E-state index is 12.8. The average molecular weight is 228 g/mol. The molecule has 86 valence electrons. The number of benzene rings is 1. The number of hydrogen-bond donors (Lipinski definition) is 1.